The maximum atomic E-state index is 11.7. The normalized spacial score (nSPS) is 10.4. The van der Waals surface area contributed by atoms with Crippen LogP contribution in [0.2, 0.25) is 0 Å². The smallest absolute Gasteiger partial charge is 0.354 e. The Kier molecular flexibility index (Phi) is 4.96. The summed E-state index contributed by atoms with van der Waals surface area (Å²) in [6, 6.07) is 19.6. The highest BCUT2D eigenvalue weighted by atomic mass is 16.5. The van der Waals surface area contributed by atoms with Crippen molar-refractivity contribution in [1.29, 1.82) is 0 Å². The van der Waals surface area contributed by atoms with Crippen LogP contribution in [0.1, 0.15) is 23.0 Å². The number of aromatic amines is 1. The molecule has 3 rings (SSSR count). The second-order valence-corrected chi connectivity index (χ2v) is 5.32. The topological polar surface area (TPSA) is 51.3 Å². The Hall–Kier alpha value is -3.01. The largest absolute Gasteiger partial charge is 0.489 e. The molecule has 3 aromatic rings. The molecule has 1 heterocycles. The molecule has 0 radical (unpaired) electrons. The van der Waals surface area contributed by atoms with Crippen LogP contribution >= 0.6 is 0 Å². The molecule has 0 aliphatic carbocycles. The van der Waals surface area contributed by atoms with Crippen LogP contribution in [0.5, 0.6) is 5.75 Å². The van der Waals surface area contributed by atoms with Crippen LogP contribution < -0.4 is 4.74 Å². The molecule has 1 aromatic heterocycles. The first-order valence-corrected chi connectivity index (χ1v) is 7.89. The third-order valence-corrected chi connectivity index (χ3v) is 3.61. The molecule has 0 atom stereocenters. The van der Waals surface area contributed by atoms with E-state index in [0.29, 0.717) is 18.9 Å². The van der Waals surface area contributed by atoms with Gasteiger partial charge < -0.3 is 14.5 Å². The lowest BCUT2D eigenvalue weighted by atomic mass is 10.1. The first kappa shape index (κ1) is 15.9. The van der Waals surface area contributed by atoms with E-state index in [1.165, 1.54) is 0 Å². The quantitative estimate of drug-likeness (QED) is 0.683. The van der Waals surface area contributed by atoms with Crippen molar-refractivity contribution in [2.24, 2.45) is 0 Å². The van der Waals surface area contributed by atoms with Crippen molar-refractivity contribution in [3.8, 4) is 16.9 Å². The van der Waals surface area contributed by atoms with Gasteiger partial charge in [0, 0.05) is 6.20 Å². The summed E-state index contributed by atoms with van der Waals surface area (Å²) >= 11 is 0. The van der Waals surface area contributed by atoms with E-state index in [2.05, 4.69) is 4.98 Å². The van der Waals surface area contributed by atoms with E-state index in [-0.39, 0.29) is 5.97 Å². The van der Waals surface area contributed by atoms with Gasteiger partial charge in [0.1, 0.15) is 18.1 Å². The fourth-order valence-corrected chi connectivity index (χ4v) is 2.37. The highest BCUT2D eigenvalue weighted by Crippen LogP contribution is 2.24. The highest BCUT2D eigenvalue weighted by molar-refractivity contribution is 5.89. The number of ether oxygens (including phenoxy) is 2. The SMILES string of the molecule is CCOC(=O)c1cc(-c2ccc(OCc3ccccc3)cc2)c[nH]1. The molecule has 122 valence electrons. The monoisotopic (exact) mass is 321 g/mol. The maximum Gasteiger partial charge on any atom is 0.354 e. The average Bonchev–Trinajstić information content (AvgIpc) is 3.12. The molecule has 24 heavy (non-hydrogen) atoms. The predicted octanol–water partition coefficient (Wildman–Crippen LogP) is 4.44. The van der Waals surface area contributed by atoms with Gasteiger partial charge in [-0.1, -0.05) is 42.5 Å². The molecule has 0 amide bonds. The summed E-state index contributed by atoms with van der Waals surface area (Å²) in [5, 5.41) is 0. The molecule has 0 saturated carbocycles. The molecule has 0 fully saturated rings. The van der Waals surface area contributed by atoms with Crippen molar-refractivity contribution in [3.63, 3.8) is 0 Å². The Morgan fingerprint density at radius 3 is 2.46 bits per heavy atom. The van der Waals surface area contributed by atoms with E-state index in [4.69, 9.17) is 9.47 Å². The number of nitrogens with one attached hydrogen (secondary N) is 1. The third-order valence-electron chi connectivity index (χ3n) is 3.61. The number of rotatable bonds is 6. The molecule has 0 unspecified atom stereocenters. The van der Waals surface area contributed by atoms with Gasteiger partial charge >= 0.3 is 5.97 Å². The van der Waals surface area contributed by atoms with Crippen molar-refractivity contribution in [1.82, 2.24) is 4.98 Å². The highest BCUT2D eigenvalue weighted by Gasteiger charge is 2.10. The van der Waals surface area contributed by atoms with E-state index in [1.807, 2.05) is 54.6 Å². The summed E-state index contributed by atoms with van der Waals surface area (Å²) in [5.41, 5.74) is 3.53. The predicted molar refractivity (Wildman–Crippen MR) is 93.0 cm³/mol. The van der Waals surface area contributed by atoms with Crippen molar-refractivity contribution >= 4 is 5.97 Å². The van der Waals surface area contributed by atoms with Crippen LogP contribution in [0.15, 0.2) is 66.9 Å². The molecule has 4 nitrogen and oxygen atoms in total. The van der Waals surface area contributed by atoms with E-state index in [9.17, 15) is 4.79 Å². The minimum atomic E-state index is -0.341. The number of benzene rings is 2. The molecular weight excluding hydrogens is 302 g/mol. The number of aromatic nitrogens is 1. The van der Waals surface area contributed by atoms with Gasteiger partial charge in [-0.05, 0) is 41.8 Å². The fraction of sp³-hybridized carbons (Fsp3) is 0.150. The third kappa shape index (κ3) is 3.84. The van der Waals surface area contributed by atoms with Gasteiger partial charge in [0.2, 0.25) is 0 Å². The summed E-state index contributed by atoms with van der Waals surface area (Å²) in [5.74, 6) is 0.468. The Labute approximate surface area is 141 Å². The molecule has 0 saturated heterocycles. The van der Waals surface area contributed by atoms with Gasteiger partial charge in [0.05, 0.1) is 6.61 Å². The van der Waals surface area contributed by atoms with E-state index >= 15 is 0 Å². The van der Waals surface area contributed by atoms with Crippen molar-refractivity contribution in [2.45, 2.75) is 13.5 Å². The van der Waals surface area contributed by atoms with Crippen LogP contribution in [-0.2, 0) is 11.3 Å². The number of H-pyrrole nitrogens is 1. The second-order valence-electron chi connectivity index (χ2n) is 5.32. The van der Waals surface area contributed by atoms with E-state index in [0.717, 1.165) is 22.4 Å². The van der Waals surface area contributed by atoms with Gasteiger partial charge in [0.15, 0.2) is 0 Å². The summed E-state index contributed by atoms with van der Waals surface area (Å²) < 4.78 is 10.8. The molecule has 0 bridgehead atoms. The van der Waals surface area contributed by atoms with Gasteiger partial charge in [-0.2, -0.15) is 0 Å². The van der Waals surface area contributed by atoms with Crippen LogP contribution in [0.25, 0.3) is 11.1 Å². The summed E-state index contributed by atoms with van der Waals surface area (Å²) in [6.07, 6.45) is 1.80. The standard InChI is InChI=1S/C20H19NO3/c1-2-23-20(22)19-12-17(13-21-19)16-8-10-18(11-9-16)24-14-15-6-4-3-5-7-15/h3-13,21H,2,14H2,1H3. The van der Waals surface area contributed by atoms with Crippen molar-refractivity contribution < 1.29 is 14.3 Å². The van der Waals surface area contributed by atoms with Crippen LogP contribution in [0.3, 0.4) is 0 Å². The van der Waals surface area contributed by atoms with E-state index in [1.54, 1.807) is 19.2 Å². The second kappa shape index (κ2) is 7.51. The zero-order valence-corrected chi connectivity index (χ0v) is 13.5. The number of hydrogen-bond donors (Lipinski definition) is 1. The molecule has 0 aliphatic heterocycles. The Morgan fingerprint density at radius 2 is 1.75 bits per heavy atom. The zero-order chi connectivity index (χ0) is 16.8. The van der Waals surface area contributed by atoms with Gasteiger partial charge in [-0.25, -0.2) is 4.79 Å². The minimum absolute atomic E-state index is 0.341. The molecule has 1 N–H and O–H groups in total. The van der Waals surface area contributed by atoms with Crippen LogP contribution in [0.4, 0.5) is 0 Å². The Balaban J connectivity index is 1.65. The van der Waals surface area contributed by atoms with E-state index < -0.39 is 0 Å². The number of esters is 1. The van der Waals surface area contributed by atoms with Crippen molar-refractivity contribution in [3.05, 3.63) is 78.1 Å². The molecule has 0 spiro atoms. The molecule has 2 aromatic carbocycles. The number of hydrogen-bond acceptors (Lipinski definition) is 3. The Morgan fingerprint density at radius 1 is 1.00 bits per heavy atom. The number of carbonyl (C=O) groups is 1. The summed E-state index contributed by atoms with van der Waals surface area (Å²) in [7, 11) is 0. The zero-order valence-electron chi connectivity index (χ0n) is 13.5. The van der Waals surface area contributed by atoms with Crippen LogP contribution in [-0.4, -0.2) is 17.6 Å². The first-order valence-electron chi connectivity index (χ1n) is 7.89. The lowest BCUT2D eigenvalue weighted by Crippen LogP contribution is -2.04. The first-order chi connectivity index (χ1) is 11.8. The molecular formula is C20H19NO3. The number of carbonyl (C=O) groups excluding carboxylic acids is 1. The lowest BCUT2D eigenvalue weighted by Gasteiger charge is -2.07. The summed E-state index contributed by atoms with van der Waals surface area (Å²) in [6.45, 7) is 2.69. The van der Waals surface area contributed by atoms with Crippen molar-refractivity contribution in [2.75, 3.05) is 6.61 Å². The van der Waals surface area contributed by atoms with Gasteiger partial charge in [-0.3, -0.25) is 0 Å². The van der Waals surface area contributed by atoms with Gasteiger partial charge in [-0.15, -0.1) is 0 Å². The van der Waals surface area contributed by atoms with Crippen LogP contribution in [0, 0.1) is 0 Å². The summed E-state index contributed by atoms with van der Waals surface area (Å²) in [4.78, 5) is 14.6. The minimum Gasteiger partial charge on any atom is -0.489 e. The Bertz CT molecular complexity index is 791. The average molecular weight is 321 g/mol. The maximum absolute atomic E-state index is 11.7. The molecule has 4 heteroatoms. The fourth-order valence-electron chi connectivity index (χ4n) is 2.37. The lowest BCUT2D eigenvalue weighted by molar-refractivity contribution is 0.0520. The molecule has 0 aliphatic rings. The van der Waals surface area contributed by atoms with Gasteiger partial charge in [0.25, 0.3) is 0 Å².